The van der Waals surface area contributed by atoms with E-state index in [9.17, 15) is 0 Å². The first-order valence-corrected chi connectivity index (χ1v) is 11.7. The molecule has 0 N–H and O–H groups in total. The van der Waals surface area contributed by atoms with E-state index in [-0.39, 0.29) is 5.92 Å². The minimum atomic E-state index is -0.480. The number of hydrogen-bond acceptors (Lipinski definition) is 2. The first-order valence-electron chi connectivity index (χ1n) is 11.7. The van der Waals surface area contributed by atoms with E-state index in [0.717, 1.165) is 28.9 Å². The molecule has 6 rings (SSSR count). The van der Waals surface area contributed by atoms with Crippen molar-refractivity contribution < 1.29 is 0 Å². The molecule has 2 aromatic carbocycles. The molecule has 34 heavy (non-hydrogen) atoms. The summed E-state index contributed by atoms with van der Waals surface area (Å²) in [5.74, 6) is 0.213. The summed E-state index contributed by atoms with van der Waals surface area (Å²) in [5.41, 5.74) is 6.18. The Morgan fingerprint density at radius 1 is 0.853 bits per heavy atom. The van der Waals surface area contributed by atoms with Gasteiger partial charge in [-0.1, -0.05) is 85.0 Å². The second kappa shape index (κ2) is 8.31. The summed E-state index contributed by atoms with van der Waals surface area (Å²) in [4.78, 5) is 4.39. The molecule has 1 aliphatic rings. The van der Waals surface area contributed by atoms with Gasteiger partial charge in [0.1, 0.15) is 11.2 Å². The van der Waals surface area contributed by atoms with Gasteiger partial charge in [-0.05, 0) is 36.6 Å². The highest BCUT2D eigenvalue weighted by atomic mass is 15.3. The normalized spacial score (nSPS) is 15.7. The Bertz CT molecular complexity index is 1450. The van der Waals surface area contributed by atoms with E-state index in [1.807, 2.05) is 12.4 Å². The van der Waals surface area contributed by atoms with E-state index >= 15 is 0 Å². The first-order chi connectivity index (χ1) is 16.8. The maximum Gasteiger partial charge on any atom is 0.136 e. The molecule has 1 aliphatic carbocycles. The number of imidazole rings is 1. The van der Waals surface area contributed by atoms with Crippen LogP contribution in [0.3, 0.4) is 0 Å². The first kappa shape index (κ1) is 20.4. The lowest BCUT2D eigenvalue weighted by Gasteiger charge is -2.41. The highest BCUT2D eigenvalue weighted by molar-refractivity contribution is 5.66. The van der Waals surface area contributed by atoms with Crippen LogP contribution >= 0.6 is 0 Å². The summed E-state index contributed by atoms with van der Waals surface area (Å²) in [6, 6.07) is 25.8. The van der Waals surface area contributed by atoms with E-state index in [1.54, 1.807) is 0 Å². The van der Waals surface area contributed by atoms with Gasteiger partial charge in [-0.2, -0.15) is 5.10 Å². The number of rotatable bonds is 5. The molecule has 0 fully saturated rings. The zero-order valence-electron chi connectivity index (χ0n) is 19.1. The van der Waals surface area contributed by atoms with Crippen LogP contribution in [-0.4, -0.2) is 19.2 Å². The number of pyridine rings is 1. The fourth-order valence-electron chi connectivity index (χ4n) is 5.31. The van der Waals surface area contributed by atoms with E-state index in [2.05, 4.69) is 130 Å². The van der Waals surface area contributed by atoms with Gasteiger partial charge in [0.2, 0.25) is 0 Å². The standard InChI is InChI=1S/C30H26N4/c1-23-28(24-17-18-29-31-19-20-33(29)21-24)22-34(32-23)30(25-11-5-2-6-12-25,26-13-7-3-8-14-26)27-15-9-4-10-16-27/h2-15,17-22,27H,16H2,1H3. The van der Waals surface area contributed by atoms with Gasteiger partial charge in [-0.25, -0.2) is 4.98 Å². The van der Waals surface area contributed by atoms with Crippen molar-refractivity contribution in [3.05, 3.63) is 139 Å². The lowest BCUT2D eigenvalue weighted by Crippen LogP contribution is -2.43. The second-order valence-electron chi connectivity index (χ2n) is 8.84. The number of benzene rings is 2. The van der Waals surface area contributed by atoms with Crippen LogP contribution in [0.4, 0.5) is 0 Å². The van der Waals surface area contributed by atoms with Crippen LogP contribution in [0.25, 0.3) is 16.8 Å². The lowest BCUT2D eigenvalue weighted by atomic mass is 9.70. The fraction of sp³-hybridized carbons (Fsp3) is 0.133. The van der Waals surface area contributed by atoms with Gasteiger partial charge in [-0.15, -0.1) is 0 Å². The molecule has 1 unspecified atom stereocenters. The third-order valence-corrected chi connectivity index (χ3v) is 6.91. The van der Waals surface area contributed by atoms with Crippen LogP contribution in [-0.2, 0) is 5.54 Å². The van der Waals surface area contributed by atoms with Crippen molar-refractivity contribution in [2.24, 2.45) is 5.92 Å². The molecule has 4 heteroatoms. The van der Waals surface area contributed by atoms with Crippen LogP contribution in [0.2, 0.25) is 0 Å². The molecule has 0 saturated heterocycles. The van der Waals surface area contributed by atoms with Gasteiger partial charge >= 0.3 is 0 Å². The molecule has 0 radical (unpaired) electrons. The predicted octanol–water partition coefficient (Wildman–Crippen LogP) is 6.43. The maximum absolute atomic E-state index is 5.19. The monoisotopic (exact) mass is 442 g/mol. The Balaban J connectivity index is 1.61. The number of fused-ring (bicyclic) bond motifs is 1. The molecular weight excluding hydrogens is 416 g/mol. The van der Waals surface area contributed by atoms with E-state index in [0.29, 0.717) is 0 Å². The van der Waals surface area contributed by atoms with Crippen molar-refractivity contribution >= 4 is 5.65 Å². The molecule has 0 saturated carbocycles. The summed E-state index contributed by atoms with van der Waals surface area (Å²) >= 11 is 0. The molecule has 1 atom stereocenters. The van der Waals surface area contributed by atoms with Gasteiger partial charge < -0.3 is 4.40 Å². The van der Waals surface area contributed by atoms with Crippen molar-refractivity contribution in [1.29, 1.82) is 0 Å². The maximum atomic E-state index is 5.19. The number of hydrogen-bond donors (Lipinski definition) is 0. The average molecular weight is 443 g/mol. The number of aromatic nitrogens is 4. The van der Waals surface area contributed by atoms with Crippen molar-refractivity contribution in [2.75, 3.05) is 0 Å². The largest absolute Gasteiger partial charge is 0.306 e. The lowest BCUT2D eigenvalue weighted by molar-refractivity contribution is 0.292. The number of allylic oxidation sites excluding steroid dienone is 4. The topological polar surface area (TPSA) is 35.1 Å². The summed E-state index contributed by atoms with van der Waals surface area (Å²) in [6.07, 6.45) is 18.0. The van der Waals surface area contributed by atoms with Gasteiger partial charge in [0, 0.05) is 41.8 Å². The van der Waals surface area contributed by atoms with Crippen molar-refractivity contribution in [3.63, 3.8) is 0 Å². The SMILES string of the molecule is Cc1nn(C(c2ccccc2)(c2ccccc2)C2C=CC=CC2)cc1-c1ccc2nccn2c1. The van der Waals surface area contributed by atoms with Gasteiger partial charge in [0.15, 0.2) is 0 Å². The molecule has 4 nitrogen and oxygen atoms in total. The van der Waals surface area contributed by atoms with Gasteiger partial charge in [0.05, 0.1) is 5.69 Å². The average Bonchev–Trinajstić information content (AvgIpc) is 3.53. The Morgan fingerprint density at radius 3 is 2.26 bits per heavy atom. The van der Waals surface area contributed by atoms with Crippen molar-refractivity contribution in [1.82, 2.24) is 19.2 Å². The zero-order chi connectivity index (χ0) is 23.0. The molecule has 166 valence electrons. The number of nitrogens with zero attached hydrogens (tertiary/aromatic N) is 4. The molecule has 5 aromatic rings. The Hall–Kier alpha value is -4.18. The summed E-state index contributed by atoms with van der Waals surface area (Å²) in [7, 11) is 0. The summed E-state index contributed by atoms with van der Waals surface area (Å²) in [6.45, 7) is 2.10. The second-order valence-corrected chi connectivity index (χ2v) is 8.84. The summed E-state index contributed by atoms with van der Waals surface area (Å²) < 4.78 is 4.26. The molecule has 0 amide bonds. The summed E-state index contributed by atoms with van der Waals surface area (Å²) in [5, 5.41) is 5.19. The smallest absolute Gasteiger partial charge is 0.136 e. The van der Waals surface area contributed by atoms with E-state index in [1.165, 1.54) is 11.1 Å². The van der Waals surface area contributed by atoms with Crippen LogP contribution in [0.15, 0.2) is 122 Å². The van der Waals surface area contributed by atoms with Crippen LogP contribution in [0.1, 0.15) is 23.2 Å². The highest BCUT2D eigenvalue weighted by Crippen LogP contribution is 2.44. The zero-order valence-corrected chi connectivity index (χ0v) is 19.1. The minimum absolute atomic E-state index is 0.213. The highest BCUT2D eigenvalue weighted by Gasteiger charge is 2.43. The molecule has 0 bridgehead atoms. The third kappa shape index (κ3) is 3.22. The van der Waals surface area contributed by atoms with Crippen LogP contribution < -0.4 is 0 Å². The molecule has 0 aliphatic heterocycles. The van der Waals surface area contributed by atoms with Crippen molar-refractivity contribution in [3.8, 4) is 11.1 Å². The van der Waals surface area contributed by atoms with Crippen LogP contribution in [0.5, 0.6) is 0 Å². The Morgan fingerprint density at radius 2 is 1.59 bits per heavy atom. The quantitative estimate of drug-likeness (QED) is 0.314. The number of aryl methyl sites for hydroxylation is 1. The minimum Gasteiger partial charge on any atom is -0.306 e. The van der Waals surface area contributed by atoms with Crippen LogP contribution in [0, 0.1) is 12.8 Å². The van der Waals surface area contributed by atoms with E-state index in [4.69, 9.17) is 5.10 Å². The fourth-order valence-corrected chi connectivity index (χ4v) is 5.31. The Kier molecular flexibility index (Phi) is 4.99. The third-order valence-electron chi connectivity index (χ3n) is 6.91. The molecule has 0 spiro atoms. The van der Waals surface area contributed by atoms with Gasteiger partial charge in [0.25, 0.3) is 0 Å². The predicted molar refractivity (Wildman–Crippen MR) is 137 cm³/mol. The molecule has 3 heterocycles. The van der Waals surface area contributed by atoms with Gasteiger partial charge in [-0.3, -0.25) is 4.68 Å². The van der Waals surface area contributed by atoms with Crippen molar-refractivity contribution in [2.45, 2.75) is 18.9 Å². The molecular formula is C30H26N4. The van der Waals surface area contributed by atoms with E-state index < -0.39 is 5.54 Å². The molecule has 3 aromatic heterocycles. The Labute approximate surface area is 199 Å².